The van der Waals surface area contributed by atoms with Crippen LogP contribution in [-0.2, 0) is 0 Å². The molecule has 1 heterocycles. The van der Waals surface area contributed by atoms with E-state index in [4.69, 9.17) is 10.5 Å². The topological polar surface area (TPSA) is 78.8 Å². The van der Waals surface area contributed by atoms with Crippen molar-refractivity contribution in [3.8, 4) is 17.1 Å². The normalized spacial score (nSPS) is 12.3. The number of hydrogen-bond acceptors (Lipinski definition) is 5. The molecule has 20 heavy (non-hydrogen) atoms. The Balaban J connectivity index is 2.29. The Kier molecular flexibility index (Phi) is 4.55. The summed E-state index contributed by atoms with van der Waals surface area (Å²) in [4.78, 5) is 0. The average Bonchev–Trinajstić information content (AvgIpc) is 2.94. The minimum absolute atomic E-state index is 0.267. The van der Waals surface area contributed by atoms with Crippen molar-refractivity contribution in [3.63, 3.8) is 0 Å². The molecule has 1 atom stereocenters. The number of nitrogens with zero attached hydrogens (tertiary/aromatic N) is 4. The van der Waals surface area contributed by atoms with Crippen LogP contribution in [0, 0.1) is 0 Å². The fourth-order valence-corrected chi connectivity index (χ4v) is 2.18. The molecule has 0 radical (unpaired) electrons. The molecular weight excluding hydrogens is 254 g/mol. The number of unbranched alkanes of at least 4 members (excludes halogenated alkanes) is 1. The third kappa shape index (κ3) is 2.89. The molecule has 0 fully saturated rings. The van der Waals surface area contributed by atoms with Crippen LogP contribution in [0.4, 0.5) is 5.69 Å². The highest BCUT2D eigenvalue weighted by atomic mass is 16.5. The summed E-state index contributed by atoms with van der Waals surface area (Å²) in [5.74, 6) is 1.40. The van der Waals surface area contributed by atoms with E-state index in [-0.39, 0.29) is 6.04 Å². The van der Waals surface area contributed by atoms with E-state index in [0.717, 1.165) is 30.7 Å². The number of benzene rings is 1. The average molecular weight is 275 g/mol. The molecule has 6 heteroatoms. The molecule has 0 bridgehead atoms. The molecule has 0 amide bonds. The van der Waals surface area contributed by atoms with Crippen molar-refractivity contribution in [2.75, 3.05) is 12.8 Å². The van der Waals surface area contributed by atoms with E-state index in [1.54, 1.807) is 7.11 Å². The number of hydrogen-bond donors (Lipinski definition) is 1. The highest BCUT2D eigenvalue weighted by Crippen LogP contribution is 2.28. The third-order valence-electron chi connectivity index (χ3n) is 3.37. The van der Waals surface area contributed by atoms with Gasteiger partial charge in [-0.15, -0.1) is 5.10 Å². The van der Waals surface area contributed by atoms with Crippen molar-refractivity contribution in [1.29, 1.82) is 0 Å². The fourth-order valence-electron chi connectivity index (χ4n) is 2.18. The lowest BCUT2D eigenvalue weighted by molar-refractivity contribution is 0.417. The van der Waals surface area contributed by atoms with Gasteiger partial charge in [-0.2, -0.15) is 0 Å². The maximum atomic E-state index is 5.94. The Morgan fingerprint density at radius 2 is 2.20 bits per heavy atom. The summed E-state index contributed by atoms with van der Waals surface area (Å²) in [5.41, 5.74) is 7.43. The first-order chi connectivity index (χ1) is 9.67. The lowest BCUT2D eigenvalue weighted by Gasteiger charge is -2.13. The molecule has 6 nitrogen and oxygen atoms in total. The van der Waals surface area contributed by atoms with Crippen molar-refractivity contribution >= 4 is 5.69 Å². The first-order valence-corrected chi connectivity index (χ1v) is 6.89. The zero-order valence-corrected chi connectivity index (χ0v) is 12.2. The highest BCUT2D eigenvalue weighted by Gasteiger charge is 2.15. The number of aromatic nitrogens is 4. The molecular formula is C14H21N5O. The molecule has 0 aliphatic rings. The van der Waals surface area contributed by atoms with Gasteiger partial charge in [-0.3, -0.25) is 0 Å². The molecule has 0 saturated carbocycles. The van der Waals surface area contributed by atoms with Crippen LogP contribution in [0.15, 0.2) is 18.2 Å². The zero-order chi connectivity index (χ0) is 14.5. The molecule has 0 aliphatic heterocycles. The summed E-state index contributed by atoms with van der Waals surface area (Å²) in [6, 6.07) is 5.86. The van der Waals surface area contributed by atoms with Crippen LogP contribution in [0.3, 0.4) is 0 Å². The molecule has 0 spiro atoms. The first kappa shape index (κ1) is 14.3. The van der Waals surface area contributed by atoms with Crippen LogP contribution in [0.25, 0.3) is 11.4 Å². The van der Waals surface area contributed by atoms with Crippen LogP contribution >= 0.6 is 0 Å². The zero-order valence-electron chi connectivity index (χ0n) is 12.2. The second kappa shape index (κ2) is 6.36. The number of tetrazole rings is 1. The van der Waals surface area contributed by atoms with Crippen molar-refractivity contribution < 1.29 is 4.74 Å². The molecule has 1 aromatic heterocycles. The van der Waals surface area contributed by atoms with Crippen LogP contribution in [0.5, 0.6) is 5.75 Å². The standard InChI is InChI=1S/C14H21N5O/c1-4-5-6-10(2)19-14(16-17-18-19)11-7-8-13(20-3)12(15)9-11/h7-10H,4-6,15H2,1-3H3. The molecule has 2 N–H and O–H groups in total. The van der Waals surface area contributed by atoms with Gasteiger partial charge in [0, 0.05) is 5.56 Å². The monoisotopic (exact) mass is 275 g/mol. The van der Waals surface area contributed by atoms with Crippen molar-refractivity contribution in [3.05, 3.63) is 18.2 Å². The largest absolute Gasteiger partial charge is 0.495 e. The van der Waals surface area contributed by atoms with E-state index in [2.05, 4.69) is 29.4 Å². The van der Waals surface area contributed by atoms with Gasteiger partial charge >= 0.3 is 0 Å². The van der Waals surface area contributed by atoms with E-state index in [0.29, 0.717) is 11.4 Å². The lowest BCUT2D eigenvalue weighted by atomic mass is 10.1. The molecule has 0 aliphatic carbocycles. The summed E-state index contributed by atoms with van der Waals surface area (Å²) in [7, 11) is 1.60. The van der Waals surface area contributed by atoms with Crippen LogP contribution in [-0.4, -0.2) is 27.3 Å². The maximum absolute atomic E-state index is 5.94. The predicted molar refractivity (Wildman–Crippen MR) is 78.5 cm³/mol. The Morgan fingerprint density at radius 1 is 1.40 bits per heavy atom. The van der Waals surface area contributed by atoms with Gasteiger partial charge in [-0.25, -0.2) is 4.68 Å². The number of ether oxygens (including phenoxy) is 1. The van der Waals surface area contributed by atoms with Crippen LogP contribution < -0.4 is 10.5 Å². The van der Waals surface area contributed by atoms with Gasteiger partial charge in [0.2, 0.25) is 0 Å². The Labute approximate surface area is 118 Å². The van der Waals surface area contributed by atoms with E-state index >= 15 is 0 Å². The van der Waals surface area contributed by atoms with Gasteiger partial charge in [0.15, 0.2) is 5.82 Å². The Morgan fingerprint density at radius 3 is 2.85 bits per heavy atom. The minimum atomic E-state index is 0.267. The SMILES string of the molecule is CCCCC(C)n1nnnc1-c1ccc(OC)c(N)c1. The Hall–Kier alpha value is -2.11. The number of nitrogen functional groups attached to an aromatic ring is 1. The van der Waals surface area contributed by atoms with E-state index in [9.17, 15) is 0 Å². The number of nitrogens with two attached hydrogens (primary N) is 1. The minimum Gasteiger partial charge on any atom is -0.495 e. The summed E-state index contributed by atoms with van der Waals surface area (Å²) in [6.45, 7) is 4.31. The number of anilines is 1. The molecule has 2 aromatic rings. The molecule has 1 unspecified atom stereocenters. The van der Waals surface area contributed by atoms with Crippen molar-refractivity contribution in [2.24, 2.45) is 0 Å². The Bertz CT molecular complexity index is 566. The summed E-state index contributed by atoms with van der Waals surface area (Å²) in [5, 5.41) is 12.0. The van der Waals surface area contributed by atoms with Gasteiger partial charge in [-0.1, -0.05) is 19.8 Å². The molecule has 0 saturated heterocycles. The van der Waals surface area contributed by atoms with Gasteiger partial charge < -0.3 is 10.5 Å². The molecule has 1 aromatic carbocycles. The summed E-state index contributed by atoms with van der Waals surface area (Å²) < 4.78 is 7.02. The van der Waals surface area contributed by atoms with Gasteiger partial charge in [0.25, 0.3) is 0 Å². The first-order valence-electron chi connectivity index (χ1n) is 6.89. The van der Waals surface area contributed by atoms with E-state index in [1.807, 2.05) is 22.9 Å². The third-order valence-corrected chi connectivity index (χ3v) is 3.37. The van der Waals surface area contributed by atoms with Crippen molar-refractivity contribution in [1.82, 2.24) is 20.2 Å². The van der Waals surface area contributed by atoms with E-state index in [1.165, 1.54) is 0 Å². The number of rotatable bonds is 6. The molecule has 108 valence electrons. The molecule has 2 rings (SSSR count). The van der Waals surface area contributed by atoms with Crippen LogP contribution in [0.1, 0.15) is 39.2 Å². The summed E-state index contributed by atoms with van der Waals surface area (Å²) in [6.07, 6.45) is 3.38. The van der Waals surface area contributed by atoms with Crippen molar-refractivity contribution in [2.45, 2.75) is 39.2 Å². The highest BCUT2D eigenvalue weighted by molar-refractivity contribution is 5.66. The lowest BCUT2D eigenvalue weighted by Crippen LogP contribution is -2.09. The van der Waals surface area contributed by atoms with Gasteiger partial charge in [0.05, 0.1) is 18.8 Å². The van der Waals surface area contributed by atoms with E-state index < -0.39 is 0 Å². The summed E-state index contributed by atoms with van der Waals surface area (Å²) >= 11 is 0. The maximum Gasteiger partial charge on any atom is 0.182 e. The smallest absolute Gasteiger partial charge is 0.182 e. The van der Waals surface area contributed by atoms with Gasteiger partial charge in [-0.05, 0) is 42.0 Å². The number of methoxy groups -OCH3 is 1. The fraction of sp³-hybridized carbons (Fsp3) is 0.500. The van der Waals surface area contributed by atoms with Crippen LogP contribution in [0.2, 0.25) is 0 Å². The second-order valence-electron chi connectivity index (χ2n) is 4.90. The van der Waals surface area contributed by atoms with Gasteiger partial charge in [0.1, 0.15) is 5.75 Å². The quantitative estimate of drug-likeness (QED) is 0.820. The second-order valence-corrected chi connectivity index (χ2v) is 4.90. The predicted octanol–water partition coefficient (Wildman–Crippen LogP) is 2.68.